The molecule has 0 aliphatic carbocycles. The molecule has 0 amide bonds. The second-order valence-corrected chi connectivity index (χ2v) is 2.86. The third-order valence-corrected chi connectivity index (χ3v) is 2.09. The van der Waals surface area contributed by atoms with E-state index < -0.39 is 0 Å². The molecule has 1 N–H and O–H groups in total. The summed E-state index contributed by atoms with van der Waals surface area (Å²) in [6.45, 7) is 2.06. The third-order valence-electron chi connectivity index (χ3n) is 2.09. The Hall–Kier alpha value is -1.28. The highest BCUT2D eigenvalue weighted by Crippen LogP contribution is 2.23. The molecule has 12 heavy (non-hydrogen) atoms. The summed E-state index contributed by atoms with van der Waals surface area (Å²) in [6.07, 6.45) is 1.65. The number of rotatable bonds is 1. The maximum atomic E-state index is 8.98. The SMILES string of the molecule is Cc1ccc(CO)c2occc12. The molecule has 62 valence electrons. The summed E-state index contributed by atoms with van der Waals surface area (Å²) in [5.41, 5.74) is 2.83. The lowest BCUT2D eigenvalue weighted by Crippen LogP contribution is -1.84. The summed E-state index contributed by atoms with van der Waals surface area (Å²) in [4.78, 5) is 0. The van der Waals surface area contributed by atoms with Gasteiger partial charge in [-0.2, -0.15) is 0 Å². The van der Waals surface area contributed by atoms with Gasteiger partial charge in [-0.3, -0.25) is 0 Å². The van der Waals surface area contributed by atoms with Gasteiger partial charge in [-0.05, 0) is 18.6 Å². The molecular weight excluding hydrogens is 152 g/mol. The molecule has 0 aliphatic rings. The second-order valence-electron chi connectivity index (χ2n) is 2.86. The first-order valence-electron chi connectivity index (χ1n) is 3.89. The Kier molecular flexibility index (Phi) is 1.62. The summed E-state index contributed by atoms with van der Waals surface area (Å²) >= 11 is 0. The van der Waals surface area contributed by atoms with Gasteiger partial charge < -0.3 is 9.52 Å². The van der Waals surface area contributed by atoms with Gasteiger partial charge in [0.2, 0.25) is 0 Å². The van der Waals surface area contributed by atoms with E-state index in [1.165, 1.54) is 5.56 Å². The predicted molar refractivity (Wildman–Crippen MR) is 46.9 cm³/mol. The number of aliphatic hydroxyl groups is 1. The number of furan rings is 1. The Balaban J connectivity index is 2.82. The first kappa shape index (κ1) is 7.37. The van der Waals surface area contributed by atoms with Crippen molar-refractivity contribution in [3.63, 3.8) is 0 Å². The molecule has 0 bridgehead atoms. The van der Waals surface area contributed by atoms with Crippen LogP contribution in [0.1, 0.15) is 11.1 Å². The number of hydrogen-bond acceptors (Lipinski definition) is 2. The van der Waals surface area contributed by atoms with Crippen molar-refractivity contribution < 1.29 is 9.52 Å². The lowest BCUT2D eigenvalue weighted by Gasteiger charge is -1.99. The first-order chi connectivity index (χ1) is 5.83. The second kappa shape index (κ2) is 2.64. The quantitative estimate of drug-likeness (QED) is 0.697. The summed E-state index contributed by atoms with van der Waals surface area (Å²) in [5.74, 6) is 0. The molecule has 1 aromatic carbocycles. The van der Waals surface area contributed by atoms with E-state index in [0.717, 1.165) is 16.5 Å². The van der Waals surface area contributed by atoms with E-state index in [1.807, 2.05) is 25.1 Å². The lowest BCUT2D eigenvalue weighted by atomic mass is 10.1. The molecule has 0 unspecified atom stereocenters. The molecular formula is C10H10O2. The summed E-state index contributed by atoms with van der Waals surface area (Å²) in [6, 6.07) is 5.80. The molecule has 0 aliphatic heterocycles. The van der Waals surface area contributed by atoms with Crippen LogP contribution in [-0.4, -0.2) is 5.11 Å². The number of aliphatic hydroxyl groups excluding tert-OH is 1. The predicted octanol–water partition coefficient (Wildman–Crippen LogP) is 2.23. The van der Waals surface area contributed by atoms with Crippen molar-refractivity contribution in [1.29, 1.82) is 0 Å². The minimum absolute atomic E-state index is 0.0320. The van der Waals surface area contributed by atoms with Crippen LogP contribution in [0.3, 0.4) is 0 Å². The maximum absolute atomic E-state index is 8.98. The normalized spacial score (nSPS) is 10.8. The molecule has 1 heterocycles. The minimum Gasteiger partial charge on any atom is -0.464 e. The van der Waals surface area contributed by atoms with Crippen molar-refractivity contribution in [1.82, 2.24) is 0 Å². The fraction of sp³-hybridized carbons (Fsp3) is 0.200. The van der Waals surface area contributed by atoms with E-state index in [0.29, 0.717) is 0 Å². The minimum atomic E-state index is 0.0320. The van der Waals surface area contributed by atoms with Crippen LogP contribution >= 0.6 is 0 Å². The summed E-state index contributed by atoms with van der Waals surface area (Å²) in [7, 11) is 0. The Labute approximate surface area is 70.4 Å². The van der Waals surface area contributed by atoms with Crippen molar-refractivity contribution in [2.75, 3.05) is 0 Å². The van der Waals surface area contributed by atoms with Crippen LogP contribution in [0.25, 0.3) is 11.0 Å². The Bertz CT molecular complexity index is 401. The number of benzene rings is 1. The van der Waals surface area contributed by atoms with Crippen molar-refractivity contribution in [2.45, 2.75) is 13.5 Å². The fourth-order valence-electron chi connectivity index (χ4n) is 1.38. The van der Waals surface area contributed by atoms with Crippen LogP contribution in [0.4, 0.5) is 0 Å². The standard InChI is InChI=1S/C10H10O2/c1-7-2-3-8(6-11)10-9(7)4-5-12-10/h2-5,11H,6H2,1H3. The Morgan fingerprint density at radius 2 is 2.17 bits per heavy atom. The van der Waals surface area contributed by atoms with Crippen LogP contribution in [0.15, 0.2) is 28.9 Å². The topological polar surface area (TPSA) is 33.4 Å². The van der Waals surface area contributed by atoms with Crippen molar-refractivity contribution in [2.24, 2.45) is 0 Å². The fourth-order valence-corrected chi connectivity index (χ4v) is 1.38. The highest BCUT2D eigenvalue weighted by atomic mass is 16.3. The number of aryl methyl sites for hydroxylation is 1. The highest BCUT2D eigenvalue weighted by Gasteiger charge is 2.04. The van der Waals surface area contributed by atoms with Gasteiger partial charge in [0.05, 0.1) is 12.9 Å². The zero-order chi connectivity index (χ0) is 8.55. The smallest absolute Gasteiger partial charge is 0.139 e. The lowest BCUT2D eigenvalue weighted by molar-refractivity contribution is 0.281. The van der Waals surface area contributed by atoms with E-state index in [4.69, 9.17) is 9.52 Å². The van der Waals surface area contributed by atoms with Crippen molar-refractivity contribution in [3.05, 3.63) is 35.6 Å². The van der Waals surface area contributed by atoms with E-state index in [-0.39, 0.29) is 6.61 Å². The van der Waals surface area contributed by atoms with Crippen LogP contribution in [0.5, 0.6) is 0 Å². The Morgan fingerprint density at radius 3 is 2.92 bits per heavy atom. The molecule has 2 nitrogen and oxygen atoms in total. The van der Waals surface area contributed by atoms with Crippen molar-refractivity contribution in [3.8, 4) is 0 Å². The van der Waals surface area contributed by atoms with Gasteiger partial charge in [0.1, 0.15) is 5.58 Å². The van der Waals surface area contributed by atoms with Crippen LogP contribution in [0, 0.1) is 6.92 Å². The molecule has 0 spiro atoms. The molecule has 0 fully saturated rings. The molecule has 2 aromatic rings. The van der Waals surface area contributed by atoms with E-state index >= 15 is 0 Å². The highest BCUT2D eigenvalue weighted by molar-refractivity contribution is 5.83. The van der Waals surface area contributed by atoms with Gasteiger partial charge in [-0.25, -0.2) is 0 Å². The van der Waals surface area contributed by atoms with Gasteiger partial charge >= 0.3 is 0 Å². The van der Waals surface area contributed by atoms with Crippen LogP contribution < -0.4 is 0 Å². The van der Waals surface area contributed by atoms with Crippen LogP contribution in [0.2, 0.25) is 0 Å². The van der Waals surface area contributed by atoms with Gasteiger partial charge in [0, 0.05) is 10.9 Å². The van der Waals surface area contributed by atoms with E-state index in [1.54, 1.807) is 6.26 Å². The van der Waals surface area contributed by atoms with E-state index in [2.05, 4.69) is 0 Å². The van der Waals surface area contributed by atoms with Crippen LogP contribution in [-0.2, 0) is 6.61 Å². The summed E-state index contributed by atoms with van der Waals surface area (Å²) in [5, 5.41) is 10.1. The van der Waals surface area contributed by atoms with E-state index in [9.17, 15) is 0 Å². The maximum Gasteiger partial charge on any atom is 0.139 e. The van der Waals surface area contributed by atoms with Gasteiger partial charge in [-0.1, -0.05) is 12.1 Å². The first-order valence-corrected chi connectivity index (χ1v) is 3.89. The van der Waals surface area contributed by atoms with Crippen molar-refractivity contribution >= 4 is 11.0 Å². The number of hydrogen-bond donors (Lipinski definition) is 1. The summed E-state index contributed by atoms with van der Waals surface area (Å²) < 4.78 is 5.26. The Morgan fingerprint density at radius 1 is 1.33 bits per heavy atom. The third kappa shape index (κ3) is 0.924. The zero-order valence-electron chi connectivity index (χ0n) is 6.87. The average molecular weight is 162 g/mol. The molecule has 2 heteroatoms. The molecule has 0 saturated carbocycles. The zero-order valence-corrected chi connectivity index (χ0v) is 6.87. The molecule has 2 rings (SSSR count). The number of fused-ring (bicyclic) bond motifs is 1. The average Bonchev–Trinajstić information content (AvgIpc) is 2.54. The molecule has 0 saturated heterocycles. The molecule has 1 aromatic heterocycles. The largest absolute Gasteiger partial charge is 0.464 e. The van der Waals surface area contributed by atoms with Gasteiger partial charge in [0.15, 0.2) is 0 Å². The molecule has 0 atom stereocenters. The van der Waals surface area contributed by atoms with Gasteiger partial charge in [0.25, 0.3) is 0 Å². The van der Waals surface area contributed by atoms with Gasteiger partial charge in [-0.15, -0.1) is 0 Å². The molecule has 0 radical (unpaired) electrons. The monoisotopic (exact) mass is 162 g/mol.